The number of carbonyl (C=O) groups is 1. The maximum Gasteiger partial charge on any atom is 0.407 e. The van der Waals surface area contributed by atoms with E-state index in [9.17, 15) is 4.79 Å². The van der Waals surface area contributed by atoms with Crippen LogP contribution >= 0.6 is 0 Å². The lowest BCUT2D eigenvalue weighted by atomic mass is 9.82. The summed E-state index contributed by atoms with van der Waals surface area (Å²) in [7, 11) is 2.28. The molecule has 2 aliphatic heterocycles. The lowest BCUT2D eigenvalue weighted by Crippen LogP contribution is -2.56. The van der Waals surface area contributed by atoms with Crippen molar-refractivity contribution in [2.24, 2.45) is 0 Å². The molecule has 2 bridgehead atoms. The maximum absolute atomic E-state index is 11.7. The summed E-state index contributed by atoms with van der Waals surface area (Å²) < 4.78 is 5.27. The molecule has 2 heterocycles. The second-order valence-corrected chi connectivity index (χ2v) is 8.02. The Kier molecular flexibility index (Phi) is 5.72. The van der Waals surface area contributed by atoms with E-state index >= 15 is 0 Å². The molecule has 0 radical (unpaired) electrons. The van der Waals surface area contributed by atoms with Gasteiger partial charge >= 0.3 is 6.09 Å². The van der Waals surface area contributed by atoms with Gasteiger partial charge < -0.3 is 20.3 Å². The van der Waals surface area contributed by atoms with Gasteiger partial charge in [-0.05, 0) is 60.4 Å². The number of carbonyl (C=O) groups excluding carboxylic acids is 1. The molecule has 5 nitrogen and oxygen atoms in total. The minimum absolute atomic E-state index is 0.265. The molecule has 2 saturated heterocycles. The first-order valence-corrected chi connectivity index (χ1v) is 8.69. The van der Waals surface area contributed by atoms with Crippen molar-refractivity contribution >= 4 is 6.09 Å². The predicted molar refractivity (Wildman–Crippen MR) is 89.0 cm³/mol. The number of amides is 1. The lowest BCUT2D eigenvalue weighted by Gasteiger charge is -2.47. The third-order valence-corrected chi connectivity index (χ3v) is 4.81. The monoisotopic (exact) mass is 311 g/mol. The van der Waals surface area contributed by atoms with Gasteiger partial charge in [-0.25, -0.2) is 4.79 Å². The molecule has 0 aromatic heterocycles. The van der Waals surface area contributed by atoms with E-state index in [-0.39, 0.29) is 12.1 Å². The third-order valence-electron chi connectivity index (χ3n) is 4.81. The van der Waals surface area contributed by atoms with Crippen LogP contribution in [0.1, 0.15) is 59.8 Å². The predicted octanol–water partition coefficient (Wildman–Crippen LogP) is 2.50. The van der Waals surface area contributed by atoms with Crippen LogP contribution in [0.25, 0.3) is 0 Å². The van der Waals surface area contributed by atoms with E-state index < -0.39 is 5.60 Å². The molecule has 3 atom stereocenters. The van der Waals surface area contributed by atoms with Crippen LogP contribution in [0.3, 0.4) is 0 Å². The topological polar surface area (TPSA) is 53.6 Å². The van der Waals surface area contributed by atoms with Gasteiger partial charge in [0.2, 0.25) is 0 Å². The summed E-state index contributed by atoms with van der Waals surface area (Å²) in [6, 6.07) is 2.30. The summed E-state index contributed by atoms with van der Waals surface area (Å²) in [6.45, 7) is 8.38. The number of rotatable bonds is 4. The summed E-state index contributed by atoms with van der Waals surface area (Å²) in [6.07, 6.45) is 6.16. The van der Waals surface area contributed by atoms with E-state index in [1.807, 2.05) is 20.8 Å². The highest BCUT2D eigenvalue weighted by molar-refractivity contribution is 5.67. The van der Waals surface area contributed by atoms with Crippen molar-refractivity contribution in [1.29, 1.82) is 0 Å². The van der Waals surface area contributed by atoms with Crippen molar-refractivity contribution < 1.29 is 9.53 Å². The van der Waals surface area contributed by atoms with Gasteiger partial charge in [0.15, 0.2) is 0 Å². The summed E-state index contributed by atoms with van der Waals surface area (Å²) in [5.74, 6) is 0. The van der Waals surface area contributed by atoms with Crippen LogP contribution in [0.2, 0.25) is 0 Å². The smallest absolute Gasteiger partial charge is 0.407 e. The zero-order chi connectivity index (χ0) is 16.3. The second kappa shape index (κ2) is 7.18. The molecule has 3 unspecified atom stereocenters. The van der Waals surface area contributed by atoms with Crippen LogP contribution in [0.4, 0.5) is 4.79 Å². The van der Waals surface area contributed by atoms with Crippen molar-refractivity contribution in [3.8, 4) is 0 Å². The minimum atomic E-state index is -0.438. The highest BCUT2D eigenvalue weighted by Gasteiger charge is 2.36. The molecule has 2 N–H and O–H groups in total. The first-order chi connectivity index (χ1) is 10.2. The highest BCUT2D eigenvalue weighted by Crippen LogP contribution is 2.32. The number of alkyl carbamates (subject to hydrolysis) is 1. The summed E-state index contributed by atoms with van der Waals surface area (Å²) >= 11 is 0. The largest absolute Gasteiger partial charge is 0.444 e. The van der Waals surface area contributed by atoms with E-state index in [1.54, 1.807) is 0 Å². The number of nitrogens with zero attached hydrogens (tertiary/aromatic N) is 1. The third kappa shape index (κ3) is 5.13. The fourth-order valence-electron chi connectivity index (χ4n) is 3.76. The standard InChI is InChI=1S/C17H33N3O2/c1-12(11-18-16(21)22-17(2,3)4)19-13-9-14-7-6-8-15(10-13)20(14)5/h12-15,19H,6-11H2,1-5H3,(H,18,21). The molecule has 2 fully saturated rings. The van der Waals surface area contributed by atoms with Gasteiger partial charge in [0, 0.05) is 30.7 Å². The average Bonchev–Trinajstić information content (AvgIpc) is 2.36. The SMILES string of the molecule is CC(CNC(=O)OC(C)(C)C)NC1CC2CCCC(C1)N2C. The molecule has 0 aromatic rings. The molecule has 0 aliphatic carbocycles. The lowest BCUT2D eigenvalue weighted by molar-refractivity contribution is 0.0442. The minimum Gasteiger partial charge on any atom is -0.444 e. The zero-order valence-electron chi connectivity index (χ0n) is 14.8. The normalized spacial score (nSPS) is 30.7. The number of piperidine rings is 2. The summed E-state index contributed by atoms with van der Waals surface area (Å²) in [4.78, 5) is 14.3. The number of ether oxygens (including phenoxy) is 1. The molecular weight excluding hydrogens is 278 g/mol. The Morgan fingerprint density at radius 2 is 1.86 bits per heavy atom. The fraction of sp³-hybridized carbons (Fsp3) is 0.941. The zero-order valence-corrected chi connectivity index (χ0v) is 14.8. The number of nitrogens with one attached hydrogen (secondary N) is 2. The van der Waals surface area contributed by atoms with E-state index in [0.717, 1.165) is 12.1 Å². The molecule has 2 aliphatic rings. The van der Waals surface area contributed by atoms with Crippen LogP contribution in [0, 0.1) is 0 Å². The molecule has 1 amide bonds. The first-order valence-electron chi connectivity index (χ1n) is 8.69. The second-order valence-electron chi connectivity index (χ2n) is 8.02. The highest BCUT2D eigenvalue weighted by atomic mass is 16.6. The Morgan fingerprint density at radius 3 is 2.41 bits per heavy atom. The van der Waals surface area contributed by atoms with Crippen LogP contribution in [0.15, 0.2) is 0 Å². The molecule has 22 heavy (non-hydrogen) atoms. The van der Waals surface area contributed by atoms with E-state index in [2.05, 4.69) is 29.5 Å². The molecule has 0 aromatic carbocycles. The Bertz CT molecular complexity index is 367. The van der Waals surface area contributed by atoms with Gasteiger partial charge in [-0.2, -0.15) is 0 Å². The molecule has 5 heteroatoms. The average molecular weight is 311 g/mol. The number of hydrogen-bond donors (Lipinski definition) is 2. The van der Waals surface area contributed by atoms with Gasteiger partial charge in [0.1, 0.15) is 5.60 Å². The van der Waals surface area contributed by atoms with E-state index in [4.69, 9.17) is 4.74 Å². The first kappa shape index (κ1) is 17.5. The van der Waals surface area contributed by atoms with Crippen molar-refractivity contribution in [3.05, 3.63) is 0 Å². The van der Waals surface area contributed by atoms with Crippen LogP contribution in [-0.2, 0) is 4.74 Å². The summed E-state index contributed by atoms with van der Waals surface area (Å²) in [5, 5.41) is 6.54. The van der Waals surface area contributed by atoms with Gasteiger partial charge in [0.25, 0.3) is 0 Å². The van der Waals surface area contributed by atoms with Crippen LogP contribution < -0.4 is 10.6 Å². The Balaban J connectivity index is 1.71. The van der Waals surface area contributed by atoms with E-state index in [1.165, 1.54) is 32.1 Å². The van der Waals surface area contributed by atoms with Crippen LogP contribution in [0.5, 0.6) is 0 Å². The number of hydrogen-bond acceptors (Lipinski definition) is 4. The Labute approximate surface area is 135 Å². The number of fused-ring (bicyclic) bond motifs is 2. The molecular formula is C17H33N3O2. The van der Waals surface area contributed by atoms with Crippen LogP contribution in [-0.4, -0.2) is 54.4 Å². The van der Waals surface area contributed by atoms with Gasteiger partial charge in [-0.15, -0.1) is 0 Å². The molecule has 0 spiro atoms. The fourth-order valence-corrected chi connectivity index (χ4v) is 3.76. The van der Waals surface area contributed by atoms with Gasteiger partial charge in [-0.3, -0.25) is 0 Å². The summed E-state index contributed by atoms with van der Waals surface area (Å²) in [5.41, 5.74) is -0.438. The molecule has 0 saturated carbocycles. The Hall–Kier alpha value is -0.810. The Morgan fingerprint density at radius 1 is 1.27 bits per heavy atom. The van der Waals surface area contributed by atoms with E-state index in [0.29, 0.717) is 12.6 Å². The van der Waals surface area contributed by atoms with Crippen molar-refractivity contribution in [1.82, 2.24) is 15.5 Å². The van der Waals surface area contributed by atoms with Gasteiger partial charge in [0.05, 0.1) is 0 Å². The molecule has 2 rings (SSSR count). The quantitative estimate of drug-likeness (QED) is 0.837. The van der Waals surface area contributed by atoms with Gasteiger partial charge in [-0.1, -0.05) is 6.42 Å². The van der Waals surface area contributed by atoms with Crippen molar-refractivity contribution in [3.63, 3.8) is 0 Å². The van der Waals surface area contributed by atoms with Crippen molar-refractivity contribution in [2.45, 2.75) is 89.6 Å². The molecule has 128 valence electrons. The maximum atomic E-state index is 11.7. The van der Waals surface area contributed by atoms with Crippen molar-refractivity contribution in [2.75, 3.05) is 13.6 Å².